The zero-order valence-electron chi connectivity index (χ0n) is 21.6. The van der Waals surface area contributed by atoms with Gasteiger partial charge in [0.1, 0.15) is 11.5 Å². The van der Waals surface area contributed by atoms with Crippen LogP contribution in [0.25, 0.3) is 17.4 Å². The Morgan fingerprint density at radius 3 is 2.80 bits per heavy atom. The predicted molar refractivity (Wildman–Crippen MR) is 149 cm³/mol. The molecule has 41 heavy (non-hydrogen) atoms. The summed E-state index contributed by atoms with van der Waals surface area (Å²) >= 11 is 7.06. The number of hydrogen-bond donors (Lipinski definition) is 0. The number of halogens is 1. The van der Waals surface area contributed by atoms with Gasteiger partial charge >= 0.3 is 5.97 Å². The standard InChI is InChI=1S/C28H20ClN3O8S/c1-3-37-27(34)24-14(2)30-28-31(25(24)15-4-8-21-22(10-15)39-13-38-21)26(33)23(41-28)12-17-6-9-20(40-17)18-7-5-16(29)11-19(18)32(35)36/h4-12,25H,3,13H2,1-2H3/t25-/m0/s1. The van der Waals surface area contributed by atoms with Gasteiger partial charge in [0.15, 0.2) is 16.3 Å². The fourth-order valence-electron chi connectivity index (χ4n) is 4.76. The van der Waals surface area contributed by atoms with E-state index in [4.69, 9.17) is 30.2 Å². The van der Waals surface area contributed by atoms with Gasteiger partial charge in [-0.15, -0.1) is 0 Å². The first-order valence-corrected chi connectivity index (χ1v) is 13.6. The second-order valence-corrected chi connectivity index (χ2v) is 10.5. The van der Waals surface area contributed by atoms with Crippen molar-refractivity contribution in [3.63, 3.8) is 0 Å². The Kier molecular flexibility index (Phi) is 6.72. The molecule has 11 nitrogen and oxygen atoms in total. The molecular weight excluding hydrogens is 574 g/mol. The largest absolute Gasteiger partial charge is 0.463 e. The molecule has 0 fully saturated rings. The number of carbonyl (C=O) groups excluding carboxylic acids is 1. The van der Waals surface area contributed by atoms with Crippen molar-refractivity contribution < 1.29 is 28.3 Å². The van der Waals surface area contributed by atoms with E-state index in [-0.39, 0.29) is 41.0 Å². The molecule has 0 saturated carbocycles. The highest BCUT2D eigenvalue weighted by Gasteiger charge is 2.34. The molecule has 0 amide bonds. The number of fused-ring (bicyclic) bond motifs is 2. The number of carbonyl (C=O) groups is 1. The fourth-order valence-corrected chi connectivity index (χ4v) is 5.95. The lowest BCUT2D eigenvalue weighted by Crippen LogP contribution is -2.39. The van der Waals surface area contributed by atoms with Crippen LogP contribution in [-0.4, -0.2) is 28.9 Å². The highest BCUT2D eigenvalue weighted by atomic mass is 35.5. The number of aromatic nitrogens is 1. The molecule has 0 bridgehead atoms. The molecule has 13 heteroatoms. The number of nitro groups is 1. The summed E-state index contributed by atoms with van der Waals surface area (Å²) in [4.78, 5) is 42.9. The monoisotopic (exact) mass is 593 g/mol. The summed E-state index contributed by atoms with van der Waals surface area (Å²) in [6.07, 6.45) is 1.54. The average molecular weight is 594 g/mol. The van der Waals surface area contributed by atoms with Gasteiger partial charge in [-0.1, -0.05) is 29.0 Å². The van der Waals surface area contributed by atoms with Crippen molar-refractivity contribution in [2.45, 2.75) is 19.9 Å². The molecule has 0 spiro atoms. The predicted octanol–water partition coefficient (Wildman–Crippen LogP) is 4.35. The van der Waals surface area contributed by atoms with E-state index in [1.54, 1.807) is 44.2 Å². The van der Waals surface area contributed by atoms with Crippen LogP contribution in [0.3, 0.4) is 0 Å². The summed E-state index contributed by atoms with van der Waals surface area (Å²) in [5.41, 5.74) is 0.923. The van der Waals surface area contributed by atoms with Gasteiger partial charge in [-0.05, 0) is 55.8 Å². The van der Waals surface area contributed by atoms with Crippen molar-refractivity contribution in [2.24, 2.45) is 4.99 Å². The summed E-state index contributed by atoms with van der Waals surface area (Å²) in [7, 11) is 0. The first-order chi connectivity index (χ1) is 19.7. The molecule has 0 aliphatic carbocycles. The first kappa shape index (κ1) is 26.5. The second-order valence-electron chi connectivity index (χ2n) is 9.04. The minimum absolute atomic E-state index is 0.0749. The van der Waals surface area contributed by atoms with E-state index >= 15 is 0 Å². The van der Waals surface area contributed by atoms with Gasteiger partial charge in [0.25, 0.3) is 11.2 Å². The number of nitro benzene ring substituents is 1. The fraction of sp³-hybridized carbons (Fsp3) is 0.179. The number of allylic oxidation sites excluding steroid dienone is 1. The Hall–Kier alpha value is -4.68. The molecule has 0 saturated heterocycles. The average Bonchev–Trinajstić information content (AvgIpc) is 3.67. The Bertz CT molecular complexity index is 1950. The van der Waals surface area contributed by atoms with Gasteiger partial charge in [0.2, 0.25) is 6.79 Å². The summed E-state index contributed by atoms with van der Waals surface area (Å²) in [6.45, 7) is 3.63. The van der Waals surface area contributed by atoms with Crippen LogP contribution in [0.2, 0.25) is 5.02 Å². The number of rotatable bonds is 6. The molecular formula is C28H20ClN3O8S. The molecule has 208 valence electrons. The lowest BCUT2D eigenvalue weighted by molar-refractivity contribution is -0.384. The zero-order valence-corrected chi connectivity index (χ0v) is 23.2. The maximum Gasteiger partial charge on any atom is 0.338 e. The van der Waals surface area contributed by atoms with E-state index in [1.807, 2.05) is 0 Å². The number of thiazole rings is 1. The number of benzene rings is 2. The topological polar surface area (TPSA) is 135 Å². The number of ether oxygens (including phenoxy) is 3. The third-order valence-electron chi connectivity index (χ3n) is 6.55. The molecule has 2 aromatic carbocycles. The van der Waals surface area contributed by atoms with Crippen LogP contribution in [0, 0.1) is 10.1 Å². The van der Waals surface area contributed by atoms with Gasteiger partial charge in [0.05, 0.1) is 38.9 Å². The lowest BCUT2D eigenvalue weighted by atomic mass is 9.95. The molecule has 0 radical (unpaired) electrons. The molecule has 2 aliphatic rings. The number of hydrogen-bond acceptors (Lipinski definition) is 10. The van der Waals surface area contributed by atoms with E-state index in [0.29, 0.717) is 37.9 Å². The van der Waals surface area contributed by atoms with Crippen LogP contribution in [0.5, 0.6) is 11.5 Å². The van der Waals surface area contributed by atoms with E-state index in [0.717, 1.165) is 11.3 Å². The van der Waals surface area contributed by atoms with Crippen molar-refractivity contribution in [1.82, 2.24) is 4.57 Å². The number of nitrogens with zero attached hydrogens (tertiary/aromatic N) is 3. The summed E-state index contributed by atoms with van der Waals surface area (Å²) in [5, 5.41) is 11.8. The molecule has 6 rings (SSSR count). The number of esters is 1. The van der Waals surface area contributed by atoms with Crippen LogP contribution in [0.15, 0.2) is 74.0 Å². The molecule has 1 atom stereocenters. The smallest absolute Gasteiger partial charge is 0.338 e. The van der Waals surface area contributed by atoms with Crippen LogP contribution in [0.4, 0.5) is 5.69 Å². The number of furan rings is 1. The van der Waals surface area contributed by atoms with Crippen LogP contribution in [0.1, 0.15) is 31.2 Å². The Balaban J connectivity index is 1.47. The molecule has 2 aromatic heterocycles. The highest BCUT2D eigenvalue weighted by molar-refractivity contribution is 7.07. The van der Waals surface area contributed by atoms with E-state index < -0.39 is 22.5 Å². The van der Waals surface area contributed by atoms with Crippen LogP contribution >= 0.6 is 22.9 Å². The van der Waals surface area contributed by atoms with Gasteiger partial charge in [-0.2, -0.15) is 0 Å². The molecule has 0 unspecified atom stereocenters. The maximum atomic E-state index is 13.8. The van der Waals surface area contributed by atoms with Crippen molar-refractivity contribution in [2.75, 3.05) is 13.4 Å². The van der Waals surface area contributed by atoms with Gasteiger partial charge in [0, 0.05) is 17.2 Å². The molecule has 4 aromatic rings. The highest BCUT2D eigenvalue weighted by Crippen LogP contribution is 2.38. The van der Waals surface area contributed by atoms with Gasteiger partial charge in [-0.3, -0.25) is 19.5 Å². The molecule has 4 heterocycles. The van der Waals surface area contributed by atoms with Crippen molar-refractivity contribution >= 4 is 40.7 Å². The molecule has 2 aliphatic heterocycles. The Morgan fingerprint density at radius 2 is 2.02 bits per heavy atom. The minimum atomic E-state index is -0.828. The van der Waals surface area contributed by atoms with Crippen molar-refractivity contribution in [3.8, 4) is 22.8 Å². The summed E-state index contributed by atoms with van der Waals surface area (Å²) < 4.78 is 23.9. The summed E-state index contributed by atoms with van der Waals surface area (Å²) in [5.74, 6) is 1.03. The van der Waals surface area contributed by atoms with E-state index in [1.165, 1.54) is 28.8 Å². The maximum absolute atomic E-state index is 13.8. The van der Waals surface area contributed by atoms with Crippen molar-refractivity contribution in [3.05, 3.63) is 106 Å². The Labute approximate surface area is 240 Å². The normalized spacial score (nSPS) is 16.0. The van der Waals surface area contributed by atoms with E-state index in [2.05, 4.69) is 4.99 Å². The van der Waals surface area contributed by atoms with Gasteiger partial charge in [-0.25, -0.2) is 9.79 Å². The Morgan fingerprint density at radius 1 is 1.22 bits per heavy atom. The zero-order chi connectivity index (χ0) is 28.8. The van der Waals surface area contributed by atoms with Crippen molar-refractivity contribution in [1.29, 1.82) is 0 Å². The third-order valence-corrected chi connectivity index (χ3v) is 7.77. The third kappa shape index (κ3) is 4.70. The second kappa shape index (κ2) is 10.4. The van der Waals surface area contributed by atoms with Gasteiger partial charge < -0.3 is 18.6 Å². The summed E-state index contributed by atoms with van der Waals surface area (Å²) in [6, 6.07) is 11.9. The first-order valence-electron chi connectivity index (χ1n) is 12.4. The lowest BCUT2D eigenvalue weighted by Gasteiger charge is -2.24. The SMILES string of the molecule is CCOC(=O)C1=C(C)N=c2sc(=Cc3ccc(-c4ccc(Cl)cc4[N+](=O)[O-])o3)c(=O)n2[C@H]1c1ccc2c(c1)OCO2. The van der Waals surface area contributed by atoms with Crippen LogP contribution < -0.4 is 24.4 Å². The van der Waals surface area contributed by atoms with Crippen LogP contribution in [-0.2, 0) is 9.53 Å². The van der Waals surface area contributed by atoms with E-state index in [9.17, 15) is 19.7 Å². The molecule has 0 N–H and O–H groups in total. The minimum Gasteiger partial charge on any atom is -0.463 e. The quantitative estimate of drug-likeness (QED) is 0.183.